The second kappa shape index (κ2) is 6.31. The maximum absolute atomic E-state index is 12.2. The Bertz CT molecular complexity index is 708. The predicted molar refractivity (Wildman–Crippen MR) is 86.1 cm³/mol. The molecule has 1 atom stereocenters. The fourth-order valence-electron chi connectivity index (χ4n) is 2.67. The molecule has 2 aliphatic rings. The minimum Gasteiger partial charge on any atom is -0.349 e. The van der Waals surface area contributed by atoms with E-state index in [2.05, 4.69) is 10.6 Å². The SMILES string of the molecule is O=C(NC1CC1)c1ccc(C(=O)NC2CCCS(=O)(=O)C2)cc1. The zero-order chi connectivity index (χ0) is 16.4. The maximum Gasteiger partial charge on any atom is 0.251 e. The Morgan fingerprint density at radius 1 is 0.870 bits per heavy atom. The molecule has 1 aliphatic heterocycles. The number of carbonyl (C=O) groups is 2. The van der Waals surface area contributed by atoms with E-state index in [1.165, 1.54) is 0 Å². The van der Waals surface area contributed by atoms with Gasteiger partial charge in [0, 0.05) is 23.2 Å². The minimum absolute atomic E-state index is 0.000613. The summed E-state index contributed by atoms with van der Waals surface area (Å²) < 4.78 is 23.2. The Kier molecular flexibility index (Phi) is 4.39. The molecule has 1 unspecified atom stereocenters. The van der Waals surface area contributed by atoms with Gasteiger partial charge in [-0.2, -0.15) is 0 Å². The molecule has 1 saturated carbocycles. The molecule has 1 heterocycles. The zero-order valence-electron chi connectivity index (χ0n) is 12.7. The molecule has 2 fully saturated rings. The van der Waals surface area contributed by atoms with Gasteiger partial charge in [0.2, 0.25) is 0 Å². The summed E-state index contributed by atoms with van der Waals surface area (Å²) in [6, 6.07) is 6.37. The van der Waals surface area contributed by atoms with E-state index in [1.807, 2.05) is 0 Å². The van der Waals surface area contributed by atoms with Crippen molar-refractivity contribution in [3.63, 3.8) is 0 Å². The lowest BCUT2D eigenvalue weighted by Gasteiger charge is -2.23. The van der Waals surface area contributed by atoms with Gasteiger partial charge < -0.3 is 10.6 Å². The summed E-state index contributed by atoms with van der Waals surface area (Å²) in [4.78, 5) is 24.1. The summed E-state index contributed by atoms with van der Waals surface area (Å²) in [5.41, 5.74) is 0.949. The summed E-state index contributed by atoms with van der Waals surface area (Å²) in [7, 11) is -3.05. The van der Waals surface area contributed by atoms with E-state index >= 15 is 0 Å². The largest absolute Gasteiger partial charge is 0.349 e. The van der Waals surface area contributed by atoms with Crippen LogP contribution in [0.3, 0.4) is 0 Å². The molecule has 0 radical (unpaired) electrons. The molecule has 1 aromatic rings. The minimum atomic E-state index is -3.05. The number of rotatable bonds is 4. The van der Waals surface area contributed by atoms with Crippen LogP contribution in [-0.4, -0.2) is 43.8 Å². The third kappa shape index (κ3) is 4.31. The smallest absolute Gasteiger partial charge is 0.251 e. The highest BCUT2D eigenvalue weighted by Crippen LogP contribution is 2.19. The van der Waals surface area contributed by atoms with Gasteiger partial charge in [0.15, 0.2) is 9.84 Å². The van der Waals surface area contributed by atoms with Gasteiger partial charge in [-0.1, -0.05) is 0 Å². The van der Waals surface area contributed by atoms with Gasteiger partial charge in [-0.05, 0) is 49.9 Å². The number of carbonyl (C=O) groups excluding carboxylic acids is 2. The van der Waals surface area contributed by atoms with Gasteiger partial charge in [-0.25, -0.2) is 8.42 Å². The van der Waals surface area contributed by atoms with Crippen molar-refractivity contribution in [3.8, 4) is 0 Å². The number of sulfone groups is 1. The molecule has 3 rings (SSSR count). The lowest BCUT2D eigenvalue weighted by Crippen LogP contribution is -2.43. The molecule has 0 spiro atoms. The quantitative estimate of drug-likeness (QED) is 0.854. The van der Waals surface area contributed by atoms with Gasteiger partial charge in [-0.3, -0.25) is 9.59 Å². The van der Waals surface area contributed by atoms with Crippen molar-refractivity contribution in [3.05, 3.63) is 35.4 Å². The first-order valence-corrected chi connectivity index (χ1v) is 9.67. The van der Waals surface area contributed by atoms with E-state index in [9.17, 15) is 18.0 Å². The molecular formula is C16H20N2O4S. The van der Waals surface area contributed by atoms with E-state index < -0.39 is 9.84 Å². The number of nitrogens with one attached hydrogen (secondary N) is 2. The van der Waals surface area contributed by atoms with Crippen LogP contribution >= 0.6 is 0 Å². The number of benzene rings is 1. The number of amides is 2. The van der Waals surface area contributed by atoms with Crippen LogP contribution in [0.15, 0.2) is 24.3 Å². The van der Waals surface area contributed by atoms with E-state index in [-0.39, 0.29) is 29.4 Å². The third-order valence-corrected chi connectivity index (χ3v) is 5.94. The predicted octanol–water partition coefficient (Wildman–Crippen LogP) is 0.886. The Labute approximate surface area is 135 Å². The van der Waals surface area contributed by atoms with Gasteiger partial charge >= 0.3 is 0 Å². The van der Waals surface area contributed by atoms with E-state index in [4.69, 9.17) is 0 Å². The monoisotopic (exact) mass is 336 g/mol. The van der Waals surface area contributed by atoms with E-state index in [0.29, 0.717) is 30.0 Å². The number of hydrogen-bond donors (Lipinski definition) is 2. The van der Waals surface area contributed by atoms with Gasteiger partial charge in [0.05, 0.1) is 11.5 Å². The van der Waals surface area contributed by atoms with Crippen LogP contribution in [0.1, 0.15) is 46.4 Å². The van der Waals surface area contributed by atoms with E-state index in [1.54, 1.807) is 24.3 Å². The highest BCUT2D eigenvalue weighted by molar-refractivity contribution is 7.91. The molecule has 23 heavy (non-hydrogen) atoms. The van der Waals surface area contributed by atoms with Crippen LogP contribution in [0, 0.1) is 0 Å². The molecule has 1 aromatic carbocycles. The number of hydrogen-bond acceptors (Lipinski definition) is 4. The molecule has 0 aromatic heterocycles. The Morgan fingerprint density at radius 2 is 1.39 bits per heavy atom. The lowest BCUT2D eigenvalue weighted by molar-refractivity contribution is 0.0931. The van der Waals surface area contributed by atoms with Crippen molar-refractivity contribution in [2.24, 2.45) is 0 Å². The molecule has 7 heteroatoms. The molecule has 2 N–H and O–H groups in total. The normalized spacial score (nSPS) is 23.0. The summed E-state index contributed by atoms with van der Waals surface area (Å²) in [5, 5.41) is 5.65. The Morgan fingerprint density at radius 3 is 1.87 bits per heavy atom. The fraction of sp³-hybridized carbons (Fsp3) is 0.500. The topological polar surface area (TPSA) is 92.3 Å². The molecule has 1 aliphatic carbocycles. The average molecular weight is 336 g/mol. The fourth-order valence-corrected chi connectivity index (χ4v) is 4.31. The summed E-state index contributed by atoms with van der Waals surface area (Å²) in [5.74, 6) is -0.232. The highest BCUT2D eigenvalue weighted by Gasteiger charge is 2.26. The second-order valence-corrected chi connectivity index (χ2v) is 8.48. The van der Waals surface area contributed by atoms with Crippen LogP contribution in [0.5, 0.6) is 0 Å². The summed E-state index contributed by atoms with van der Waals surface area (Å²) in [6.07, 6.45) is 3.30. The van der Waals surface area contributed by atoms with Crippen molar-refractivity contribution < 1.29 is 18.0 Å². The molecule has 1 saturated heterocycles. The molecule has 2 amide bonds. The Balaban J connectivity index is 1.59. The molecule has 124 valence electrons. The second-order valence-electron chi connectivity index (χ2n) is 6.25. The first-order chi connectivity index (χ1) is 10.9. The molecule has 0 bridgehead atoms. The summed E-state index contributed by atoms with van der Waals surface area (Å²) >= 11 is 0. The maximum atomic E-state index is 12.2. The lowest BCUT2D eigenvalue weighted by atomic mass is 10.1. The summed E-state index contributed by atoms with van der Waals surface area (Å²) in [6.45, 7) is 0. The van der Waals surface area contributed by atoms with E-state index in [0.717, 1.165) is 12.8 Å². The van der Waals surface area contributed by atoms with Crippen molar-refractivity contribution in [2.75, 3.05) is 11.5 Å². The van der Waals surface area contributed by atoms with Gasteiger partial charge in [0.25, 0.3) is 11.8 Å². The van der Waals surface area contributed by atoms with Crippen LogP contribution in [0.4, 0.5) is 0 Å². The van der Waals surface area contributed by atoms with Gasteiger partial charge in [-0.15, -0.1) is 0 Å². The molecular weight excluding hydrogens is 316 g/mol. The third-order valence-electron chi connectivity index (χ3n) is 4.12. The van der Waals surface area contributed by atoms with Crippen molar-refractivity contribution >= 4 is 21.7 Å². The van der Waals surface area contributed by atoms with Crippen molar-refractivity contribution in [1.82, 2.24) is 10.6 Å². The van der Waals surface area contributed by atoms with Crippen molar-refractivity contribution in [2.45, 2.75) is 37.8 Å². The first kappa shape index (κ1) is 16.0. The van der Waals surface area contributed by atoms with Crippen LogP contribution in [0.2, 0.25) is 0 Å². The highest BCUT2D eigenvalue weighted by atomic mass is 32.2. The standard InChI is InChI=1S/C16H20N2O4S/c19-15(17-13-7-8-13)11-3-5-12(6-4-11)16(20)18-14-2-1-9-23(21,22)10-14/h3-6,13-14H,1-2,7-10H2,(H,17,19)(H,18,20). The van der Waals surface area contributed by atoms with Crippen LogP contribution < -0.4 is 10.6 Å². The average Bonchev–Trinajstić information content (AvgIpc) is 3.30. The van der Waals surface area contributed by atoms with Crippen LogP contribution in [0.25, 0.3) is 0 Å². The van der Waals surface area contributed by atoms with Crippen LogP contribution in [-0.2, 0) is 9.84 Å². The van der Waals surface area contributed by atoms with Crippen molar-refractivity contribution in [1.29, 1.82) is 0 Å². The molecule has 6 nitrogen and oxygen atoms in total. The van der Waals surface area contributed by atoms with Gasteiger partial charge in [0.1, 0.15) is 0 Å². The first-order valence-electron chi connectivity index (χ1n) is 7.85. The zero-order valence-corrected chi connectivity index (χ0v) is 13.6. The Hall–Kier alpha value is -1.89.